The molecule has 0 aliphatic carbocycles. The zero-order valence-electron chi connectivity index (χ0n) is 19.7. The number of amides is 2. The molecule has 0 saturated carbocycles. The topological polar surface area (TPSA) is 58.6 Å². The average molecular weight is 425 g/mol. The highest BCUT2D eigenvalue weighted by Crippen LogP contribution is 2.20. The van der Waals surface area contributed by atoms with Crippen molar-refractivity contribution in [1.29, 1.82) is 0 Å². The molecule has 2 rings (SSSR count). The zero-order valence-corrected chi connectivity index (χ0v) is 19.7. The van der Waals surface area contributed by atoms with Crippen LogP contribution in [0, 0.1) is 20.8 Å². The molecule has 5 nitrogen and oxygen atoms in total. The van der Waals surface area contributed by atoms with Crippen LogP contribution < -0.4 is 10.1 Å². The zero-order chi connectivity index (χ0) is 23.0. The Balaban J connectivity index is 2.23. The van der Waals surface area contributed by atoms with Crippen molar-refractivity contribution < 1.29 is 14.3 Å². The van der Waals surface area contributed by atoms with E-state index in [1.54, 1.807) is 4.90 Å². The molecule has 2 aromatic carbocycles. The number of aryl methyl sites for hydroxylation is 3. The van der Waals surface area contributed by atoms with Gasteiger partial charge in [-0.05, 0) is 63.3 Å². The molecule has 0 aliphatic heterocycles. The molecule has 2 aromatic rings. The van der Waals surface area contributed by atoms with Gasteiger partial charge in [0.25, 0.3) is 5.91 Å². The molecule has 168 valence electrons. The Hall–Kier alpha value is -2.82. The summed E-state index contributed by atoms with van der Waals surface area (Å²) in [5.41, 5.74) is 4.19. The first kappa shape index (κ1) is 24.4. The summed E-state index contributed by atoms with van der Waals surface area (Å²) in [5, 5.41) is 3.03. The number of rotatable bonds is 10. The smallest absolute Gasteiger partial charge is 0.261 e. The van der Waals surface area contributed by atoms with Crippen LogP contribution in [0.4, 0.5) is 0 Å². The molecule has 2 amide bonds. The number of ether oxygens (including phenoxy) is 1. The fraction of sp³-hybridized carbons (Fsp3) is 0.462. The van der Waals surface area contributed by atoms with Crippen molar-refractivity contribution in [2.75, 3.05) is 6.61 Å². The van der Waals surface area contributed by atoms with Crippen LogP contribution in [0.5, 0.6) is 5.75 Å². The molecule has 0 aliphatic rings. The predicted octanol–water partition coefficient (Wildman–Crippen LogP) is 4.71. The third-order valence-electron chi connectivity index (χ3n) is 5.56. The first-order valence-electron chi connectivity index (χ1n) is 11.1. The molecule has 0 saturated heterocycles. The van der Waals surface area contributed by atoms with Crippen LogP contribution in [0.15, 0.2) is 42.5 Å². The normalized spacial score (nSPS) is 12.7. The predicted molar refractivity (Wildman–Crippen MR) is 125 cm³/mol. The summed E-state index contributed by atoms with van der Waals surface area (Å²) in [4.78, 5) is 27.9. The largest absolute Gasteiger partial charge is 0.483 e. The fourth-order valence-electron chi connectivity index (χ4n) is 3.34. The third kappa shape index (κ3) is 7.12. The lowest BCUT2D eigenvalue weighted by atomic mass is 10.1. The first-order chi connectivity index (χ1) is 14.7. The van der Waals surface area contributed by atoms with Gasteiger partial charge in [0.2, 0.25) is 5.91 Å². The summed E-state index contributed by atoms with van der Waals surface area (Å²) in [5.74, 6) is 0.373. The summed E-state index contributed by atoms with van der Waals surface area (Å²) in [6, 6.07) is 13.5. The van der Waals surface area contributed by atoms with Crippen LogP contribution >= 0.6 is 0 Å². The maximum absolute atomic E-state index is 13.3. The van der Waals surface area contributed by atoms with E-state index in [1.165, 1.54) is 0 Å². The summed E-state index contributed by atoms with van der Waals surface area (Å²) in [6.45, 7) is 12.2. The second-order valence-corrected chi connectivity index (χ2v) is 8.31. The molecule has 1 N–H and O–H groups in total. The summed E-state index contributed by atoms with van der Waals surface area (Å²) < 4.78 is 5.87. The van der Waals surface area contributed by atoms with Gasteiger partial charge >= 0.3 is 0 Å². The van der Waals surface area contributed by atoms with Crippen LogP contribution in [0.1, 0.15) is 55.9 Å². The highest BCUT2D eigenvalue weighted by molar-refractivity contribution is 5.88. The molecule has 5 heteroatoms. The van der Waals surface area contributed by atoms with E-state index in [1.807, 2.05) is 84.0 Å². The number of carbonyl (C=O) groups is 2. The van der Waals surface area contributed by atoms with Crippen molar-refractivity contribution in [2.24, 2.45) is 0 Å². The lowest BCUT2D eigenvalue weighted by Gasteiger charge is -2.31. The maximum Gasteiger partial charge on any atom is 0.261 e. The van der Waals surface area contributed by atoms with E-state index in [2.05, 4.69) is 5.32 Å². The van der Waals surface area contributed by atoms with Gasteiger partial charge in [0.1, 0.15) is 11.8 Å². The third-order valence-corrected chi connectivity index (χ3v) is 5.56. The minimum absolute atomic E-state index is 0.0593. The van der Waals surface area contributed by atoms with Crippen molar-refractivity contribution in [3.63, 3.8) is 0 Å². The Bertz CT molecular complexity index is 877. The van der Waals surface area contributed by atoms with Gasteiger partial charge in [0.15, 0.2) is 6.61 Å². The molecule has 0 spiro atoms. The lowest BCUT2D eigenvalue weighted by molar-refractivity contribution is -0.143. The van der Waals surface area contributed by atoms with Crippen LogP contribution in [0.3, 0.4) is 0 Å². The first-order valence-corrected chi connectivity index (χ1v) is 11.1. The second-order valence-electron chi connectivity index (χ2n) is 8.31. The molecular weight excluding hydrogens is 388 g/mol. The van der Waals surface area contributed by atoms with Gasteiger partial charge in [-0.25, -0.2) is 0 Å². The van der Waals surface area contributed by atoms with Crippen molar-refractivity contribution in [1.82, 2.24) is 10.2 Å². The van der Waals surface area contributed by atoms with Crippen LogP contribution in [-0.4, -0.2) is 35.4 Å². The second kappa shape index (κ2) is 11.5. The molecule has 0 fully saturated rings. The number of hydrogen-bond acceptors (Lipinski definition) is 3. The summed E-state index contributed by atoms with van der Waals surface area (Å²) in [6.07, 6.45) is 1.37. The van der Waals surface area contributed by atoms with Gasteiger partial charge in [-0.2, -0.15) is 0 Å². The van der Waals surface area contributed by atoms with E-state index in [0.29, 0.717) is 18.7 Å². The Morgan fingerprint density at radius 3 is 2.23 bits per heavy atom. The van der Waals surface area contributed by atoms with E-state index < -0.39 is 6.04 Å². The van der Waals surface area contributed by atoms with E-state index in [-0.39, 0.29) is 24.5 Å². The molecule has 2 atom stereocenters. The quantitative estimate of drug-likeness (QED) is 0.601. The Morgan fingerprint density at radius 2 is 1.61 bits per heavy atom. The van der Waals surface area contributed by atoms with E-state index >= 15 is 0 Å². The molecule has 0 aromatic heterocycles. The number of hydrogen-bond donors (Lipinski definition) is 1. The van der Waals surface area contributed by atoms with Crippen LogP contribution in [0.2, 0.25) is 0 Å². The molecule has 31 heavy (non-hydrogen) atoms. The van der Waals surface area contributed by atoms with Crippen molar-refractivity contribution in [3.8, 4) is 5.75 Å². The van der Waals surface area contributed by atoms with Crippen molar-refractivity contribution in [2.45, 2.75) is 73.0 Å². The minimum atomic E-state index is -0.551. The van der Waals surface area contributed by atoms with E-state index in [0.717, 1.165) is 28.7 Å². The van der Waals surface area contributed by atoms with Gasteiger partial charge in [-0.1, -0.05) is 55.8 Å². The number of nitrogens with one attached hydrogen (secondary N) is 1. The molecule has 0 unspecified atom stereocenters. The highest BCUT2D eigenvalue weighted by Gasteiger charge is 2.29. The standard InChI is InChI=1S/C26H36N2O3/c1-7-21(6)27-26(30)23(8-2)28(16-22-13-10-18(3)11-14-22)25(29)17-31-24-15-19(4)9-12-20(24)5/h9-15,21,23H,7-8,16-17H2,1-6H3,(H,27,30)/t21-,23-/m0/s1. The summed E-state index contributed by atoms with van der Waals surface area (Å²) in [7, 11) is 0. The Labute approximate surface area is 186 Å². The van der Waals surface area contributed by atoms with Crippen LogP contribution in [-0.2, 0) is 16.1 Å². The maximum atomic E-state index is 13.3. The fourth-order valence-corrected chi connectivity index (χ4v) is 3.34. The number of benzene rings is 2. The van der Waals surface area contributed by atoms with Gasteiger partial charge in [-0.15, -0.1) is 0 Å². The van der Waals surface area contributed by atoms with Gasteiger partial charge in [0, 0.05) is 12.6 Å². The average Bonchev–Trinajstić information content (AvgIpc) is 2.75. The molecule has 0 radical (unpaired) electrons. The minimum Gasteiger partial charge on any atom is -0.483 e. The van der Waals surface area contributed by atoms with Crippen LogP contribution in [0.25, 0.3) is 0 Å². The Morgan fingerprint density at radius 1 is 0.968 bits per heavy atom. The van der Waals surface area contributed by atoms with Gasteiger partial charge < -0.3 is 15.0 Å². The SMILES string of the molecule is CC[C@H](C)NC(=O)[C@H](CC)N(Cc1ccc(C)cc1)C(=O)COc1cc(C)ccc1C. The molecule has 0 bridgehead atoms. The van der Waals surface area contributed by atoms with Gasteiger partial charge in [-0.3, -0.25) is 9.59 Å². The molecular formula is C26H36N2O3. The molecule has 0 heterocycles. The highest BCUT2D eigenvalue weighted by atomic mass is 16.5. The summed E-state index contributed by atoms with van der Waals surface area (Å²) >= 11 is 0. The lowest BCUT2D eigenvalue weighted by Crippen LogP contribution is -2.51. The Kier molecular flexibility index (Phi) is 9.10. The van der Waals surface area contributed by atoms with E-state index in [9.17, 15) is 9.59 Å². The number of nitrogens with zero attached hydrogens (tertiary/aromatic N) is 1. The van der Waals surface area contributed by atoms with Crippen molar-refractivity contribution in [3.05, 3.63) is 64.7 Å². The number of carbonyl (C=O) groups excluding carboxylic acids is 2. The van der Waals surface area contributed by atoms with Gasteiger partial charge in [0.05, 0.1) is 0 Å². The van der Waals surface area contributed by atoms with Crippen molar-refractivity contribution >= 4 is 11.8 Å². The van der Waals surface area contributed by atoms with E-state index in [4.69, 9.17) is 4.74 Å². The monoisotopic (exact) mass is 424 g/mol.